The minimum Gasteiger partial charge on any atom is -0.385 e. The number of thiazole rings is 1. The van der Waals surface area contributed by atoms with Crippen LogP contribution < -0.4 is 15.2 Å². The lowest BCUT2D eigenvalue weighted by Crippen LogP contribution is -2.45. The number of amides is 2. The number of pyridine rings is 1. The summed E-state index contributed by atoms with van der Waals surface area (Å²) in [4.78, 5) is 22.2. The third-order valence-corrected chi connectivity index (χ3v) is 8.96. The molecule has 4 rings (SSSR count). The molecule has 2 amide bonds. The van der Waals surface area contributed by atoms with Gasteiger partial charge >= 0.3 is 6.03 Å². The number of anilines is 1. The van der Waals surface area contributed by atoms with E-state index in [2.05, 4.69) is 21.9 Å². The highest BCUT2D eigenvalue weighted by atomic mass is 32.3. The van der Waals surface area contributed by atoms with Gasteiger partial charge in [-0.15, -0.1) is 11.3 Å². The lowest BCUT2D eigenvalue weighted by Gasteiger charge is -2.21. The van der Waals surface area contributed by atoms with Crippen molar-refractivity contribution >= 4 is 33.4 Å². The minimum atomic E-state index is -3.72. The Balaban J connectivity index is 1.57. The van der Waals surface area contributed by atoms with Gasteiger partial charge in [-0.1, -0.05) is 6.92 Å². The van der Waals surface area contributed by atoms with Crippen molar-refractivity contribution in [3.05, 3.63) is 33.6 Å². The van der Waals surface area contributed by atoms with Gasteiger partial charge in [0.1, 0.15) is 0 Å². The molecular weight excluding hydrogens is 410 g/mol. The topological polar surface area (TPSA) is 130 Å². The van der Waals surface area contributed by atoms with Crippen LogP contribution in [0.1, 0.15) is 66.9 Å². The molecule has 5 N–H and O–H groups in total. The van der Waals surface area contributed by atoms with E-state index >= 15 is 0 Å². The number of fused-ring (bicyclic) bond motifs is 2. The number of thiol groups is 1. The predicted octanol–water partition coefficient (Wildman–Crippen LogP) is 2.29. The molecule has 0 fully saturated rings. The normalized spacial score (nSPS) is 19.0. The van der Waals surface area contributed by atoms with Gasteiger partial charge in [-0.3, -0.25) is 14.8 Å². The molecular formula is C19H27N5O3S2. The molecule has 2 aliphatic carbocycles. The van der Waals surface area contributed by atoms with Crippen LogP contribution in [0, 0.1) is 0 Å². The Morgan fingerprint density at radius 1 is 1.34 bits per heavy atom. The van der Waals surface area contributed by atoms with Gasteiger partial charge in [0, 0.05) is 17.6 Å². The second-order valence-corrected chi connectivity index (χ2v) is 11.7. The summed E-state index contributed by atoms with van der Waals surface area (Å²) < 4.78 is 15.4. The number of nitrogens with one attached hydrogen (secondary N) is 2. The van der Waals surface area contributed by atoms with E-state index in [-0.39, 0.29) is 4.34 Å². The summed E-state index contributed by atoms with van der Waals surface area (Å²) in [5, 5.41) is 18.9. The molecule has 8 nitrogen and oxygen atoms in total. The van der Waals surface area contributed by atoms with Gasteiger partial charge in [0.25, 0.3) is 0 Å². The van der Waals surface area contributed by atoms with Crippen molar-refractivity contribution < 1.29 is 14.1 Å². The molecule has 158 valence electrons. The molecule has 1 unspecified atom stereocenters. The standard InChI is InChI=1S/C19H27N5O3S2/c1-10-7-8-12-15(10)22-13-6-4-5-11(13)16(12)23-17(25)24-29(20,27)18-21-9-14(28-18)19(2,3)26/h9-10,26,29H,4-8H2,1-3H3,(H4,20,22,23,24,25,27). The van der Waals surface area contributed by atoms with E-state index in [1.165, 1.54) is 6.20 Å². The van der Waals surface area contributed by atoms with E-state index in [1.54, 1.807) is 13.8 Å². The van der Waals surface area contributed by atoms with E-state index in [0.29, 0.717) is 10.8 Å². The monoisotopic (exact) mass is 437 g/mol. The lowest BCUT2D eigenvalue weighted by atomic mass is 10.0. The quantitative estimate of drug-likeness (QED) is 0.469. The molecule has 0 radical (unpaired) electrons. The first-order valence-corrected chi connectivity index (χ1v) is 12.4. The van der Waals surface area contributed by atoms with Gasteiger partial charge in [-0.2, -0.15) is 0 Å². The highest BCUT2D eigenvalue weighted by molar-refractivity contribution is 8.01. The molecule has 0 saturated heterocycles. The van der Waals surface area contributed by atoms with Crippen molar-refractivity contribution in [2.24, 2.45) is 5.14 Å². The number of rotatable bonds is 4. The minimum absolute atomic E-state index is 0.101. The molecule has 2 aliphatic rings. The van der Waals surface area contributed by atoms with Crippen LogP contribution in [0.2, 0.25) is 0 Å². The number of nitrogens with zero attached hydrogens (tertiary/aromatic N) is 2. The van der Waals surface area contributed by atoms with Crippen LogP contribution >= 0.6 is 11.3 Å². The Morgan fingerprint density at radius 2 is 2.10 bits per heavy atom. The summed E-state index contributed by atoms with van der Waals surface area (Å²) in [6.45, 7) is 5.37. The van der Waals surface area contributed by atoms with Crippen molar-refractivity contribution in [3.63, 3.8) is 0 Å². The Bertz CT molecular complexity index is 1030. The van der Waals surface area contributed by atoms with E-state index < -0.39 is 21.9 Å². The van der Waals surface area contributed by atoms with Crippen LogP contribution in [-0.2, 0) is 35.2 Å². The second kappa shape index (κ2) is 7.12. The molecule has 1 atom stereocenters. The Kier molecular flexibility index (Phi) is 5.01. The van der Waals surface area contributed by atoms with Crippen molar-refractivity contribution in [1.29, 1.82) is 0 Å². The molecule has 2 heterocycles. The lowest BCUT2D eigenvalue weighted by molar-refractivity contribution is 0.0823. The van der Waals surface area contributed by atoms with Crippen molar-refractivity contribution in [2.75, 3.05) is 5.32 Å². The number of aliphatic hydroxyl groups is 1. The molecule has 0 spiro atoms. The van der Waals surface area contributed by atoms with E-state index in [9.17, 15) is 14.1 Å². The van der Waals surface area contributed by atoms with Crippen molar-refractivity contribution in [2.45, 2.75) is 68.7 Å². The molecule has 0 bridgehead atoms. The molecule has 2 aromatic rings. The third kappa shape index (κ3) is 3.81. The summed E-state index contributed by atoms with van der Waals surface area (Å²) >= 11 is 1.03. The highest BCUT2D eigenvalue weighted by Crippen LogP contribution is 2.41. The fourth-order valence-corrected chi connectivity index (χ4v) is 6.31. The molecule has 10 heteroatoms. The van der Waals surface area contributed by atoms with Gasteiger partial charge < -0.3 is 10.4 Å². The predicted molar refractivity (Wildman–Crippen MR) is 115 cm³/mol. The number of hydrogen-bond acceptors (Lipinski definition) is 6. The maximum Gasteiger partial charge on any atom is 0.330 e. The zero-order valence-electron chi connectivity index (χ0n) is 16.8. The third-order valence-electron chi connectivity index (χ3n) is 5.54. The Labute approximate surface area is 175 Å². The smallest absolute Gasteiger partial charge is 0.330 e. The summed E-state index contributed by atoms with van der Waals surface area (Å²) in [7, 11) is -3.72. The van der Waals surface area contributed by atoms with Crippen LogP contribution in [0.4, 0.5) is 10.5 Å². The first-order valence-electron chi connectivity index (χ1n) is 9.78. The SMILES string of the molecule is CC1CCc2c1nc1c(c2NC(=O)N[SH](N)(=O)c2ncc(C(C)(C)O)s2)CCC1. The second-order valence-electron chi connectivity index (χ2n) is 8.36. The van der Waals surface area contributed by atoms with Crippen LogP contribution in [0.3, 0.4) is 0 Å². The van der Waals surface area contributed by atoms with Crippen molar-refractivity contribution in [1.82, 2.24) is 14.7 Å². The summed E-state index contributed by atoms with van der Waals surface area (Å²) in [5.41, 5.74) is 3.97. The van der Waals surface area contributed by atoms with E-state index in [0.717, 1.165) is 71.6 Å². The number of hydrogen-bond donors (Lipinski definition) is 5. The number of aromatic nitrogens is 2. The fourth-order valence-electron chi connectivity index (χ4n) is 3.99. The molecule has 2 aromatic heterocycles. The number of nitrogens with two attached hydrogens (primary N) is 1. The van der Waals surface area contributed by atoms with Crippen LogP contribution in [-0.4, -0.2) is 25.3 Å². The number of aryl methyl sites for hydroxylation is 1. The molecule has 29 heavy (non-hydrogen) atoms. The Hall–Kier alpha value is -1.88. The number of urea groups is 1. The van der Waals surface area contributed by atoms with Crippen LogP contribution in [0.25, 0.3) is 0 Å². The van der Waals surface area contributed by atoms with Gasteiger partial charge in [0.05, 0.1) is 26.5 Å². The van der Waals surface area contributed by atoms with Gasteiger partial charge in [-0.25, -0.2) is 14.0 Å². The number of carbonyl (C=O) groups is 1. The van der Waals surface area contributed by atoms with E-state index in [1.807, 2.05) is 0 Å². The highest BCUT2D eigenvalue weighted by Gasteiger charge is 2.31. The van der Waals surface area contributed by atoms with Gasteiger partial charge in [0.15, 0.2) is 4.34 Å². The summed E-state index contributed by atoms with van der Waals surface area (Å²) in [6.07, 6.45) is 6.12. The maximum atomic E-state index is 12.9. The van der Waals surface area contributed by atoms with Crippen LogP contribution in [0.15, 0.2) is 10.5 Å². The molecule has 0 saturated carbocycles. The average molecular weight is 438 g/mol. The summed E-state index contributed by atoms with van der Waals surface area (Å²) in [6, 6.07) is -0.613. The van der Waals surface area contributed by atoms with Crippen molar-refractivity contribution in [3.8, 4) is 0 Å². The number of carbonyl (C=O) groups excluding carboxylic acids is 1. The Morgan fingerprint density at radius 3 is 2.79 bits per heavy atom. The summed E-state index contributed by atoms with van der Waals surface area (Å²) in [5.74, 6) is 0.371. The van der Waals surface area contributed by atoms with Gasteiger partial charge in [0.2, 0.25) is 0 Å². The average Bonchev–Trinajstić information content (AvgIpc) is 3.33. The largest absolute Gasteiger partial charge is 0.385 e. The van der Waals surface area contributed by atoms with Crippen LogP contribution in [0.5, 0.6) is 0 Å². The first-order chi connectivity index (χ1) is 13.6. The molecule has 0 aliphatic heterocycles. The molecule has 0 aromatic carbocycles. The van der Waals surface area contributed by atoms with E-state index in [4.69, 9.17) is 10.1 Å². The van der Waals surface area contributed by atoms with Gasteiger partial charge in [-0.05, 0) is 63.0 Å². The zero-order valence-corrected chi connectivity index (χ0v) is 18.5. The first kappa shape index (κ1) is 20.4. The zero-order chi connectivity index (χ0) is 21.0. The maximum absolute atomic E-state index is 12.9. The fraction of sp³-hybridized carbons (Fsp3) is 0.526.